The summed E-state index contributed by atoms with van der Waals surface area (Å²) in [5, 5.41) is 54.6. The minimum absolute atomic E-state index is 0.207. The van der Waals surface area contributed by atoms with Crippen molar-refractivity contribution in [1.82, 2.24) is 5.32 Å². The Hall–Kier alpha value is -4.19. The van der Waals surface area contributed by atoms with Gasteiger partial charge >= 0.3 is 0 Å². The van der Waals surface area contributed by atoms with Crippen molar-refractivity contribution in [3.63, 3.8) is 0 Å². The Kier molecular flexibility index (Phi) is 55.4. The van der Waals surface area contributed by atoms with Crippen molar-refractivity contribution in [2.75, 3.05) is 13.2 Å². The van der Waals surface area contributed by atoms with E-state index in [0.29, 0.717) is 6.42 Å². The number of nitrogens with one attached hydrogen (secondary N) is 1. The molecule has 7 unspecified atom stereocenters. The largest absolute Gasteiger partial charge is 0.394 e. The Morgan fingerprint density at radius 3 is 1.12 bits per heavy atom. The van der Waals surface area contributed by atoms with Crippen LogP contribution in [0.3, 0.4) is 0 Å². The van der Waals surface area contributed by atoms with Crippen LogP contribution in [0.4, 0.5) is 0 Å². The minimum atomic E-state index is -1.58. The van der Waals surface area contributed by atoms with Gasteiger partial charge in [-0.2, -0.15) is 0 Å². The molecule has 0 aromatic carbocycles. The zero-order chi connectivity index (χ0) is 59.3. The number of rotatable bonds is 54. The van der Waals surface area contributed by atoms with E-state index in [1.807, 2.05) is 6.08 Å². The van der Waals surface area contributed by atoms with Gasteiger partial charge in [-0.1, -0.05) is 281 Å². The average molecular weight is 1140 g/mol. The molecule has 0 aliphatic carbocycles. The first kappa shape index (κ1) is 75.8. The molecular formula is C73H119NO8. The standard InChI is InChI=1S/C73H119NO8/c1-3-5-7-9-11-13-15-17-19-21-23-24-25-26-27-28-29-30-31-32-33-34-35-36-37-38-39-40-41-42-43-44-45-47-49-51-53-55-57-59-61-63-69(77)74-66(65-81-73-72(80)71(79)70(78)68(64-75)82-73)67(76)62-60-58-56-54-52-50-48-46-22-20-18-16-14-12-10-8-6-4-2/h5,7,11,13,17,19,23-24,26-27,29-30,32-33,35-36,38-39,41-42,44-45,49,51,60,62,66-68,70-73,75-76,78-80H,3-4,6,8-10,12,14-16,18,20-22,25,28,31,34,37,40,43,46-48,50,52-59,61,63-65H2,1-2H3,(H,74,77)/b7-5-,13-11-,19-17-,24-23-,27-26-,30-29-,33-32-,36-35-,39-38-,42-41-,45-44-,51-49-,62-60+. The molecule has 1 fully saturated rings. The van der Waals surface area contributed by atoms with E-state index >= 15 is 0 Å². The van der Waals surface area contributed by atoms with Gasteiger partial charge in [-0.25, -0.2) is 0 Å². The summed E-state index contributed by atoms with van der Waals surface area (Å²) in [7, 11) is 0. The Morgan fingerprint density at radius 1 is 0.427 bits per heavy atom. The van der Waals surface area contributed by atoms with Gasteiger partial charge in [0.2, 0.25) is 5.91 Å². The summed E-state index contributed by atoms with van der Waals surface area (Å²) in [6.07, 6.45) is 87.5. The van der Waals surface area contributed by atoms with E-state index in [9.17, 15) is 30.3 Å². The lowest BCUT2D eigenvalue weighted by molar-refractivity contribution is -0.302. The second-order valence-electron chi connectivity index (χ2n) is 21.8. The number of aliphatic hydroxyl groups excluding tert-OH is 5. The molecule has 1 aliphatic rings. The van der Waals surface area contributed by atoms with Gasteiger partial charge in [-0.15, -0.1) is 0 Å². The first-order chi connectivity index (χ1) is 40.3. The van der Waals surface area contributed by atoms with Gasteiger partial charge in [0.1, 0.15) is 24.4 Å². The van der Waals surface area contributed by atoms with Crippen molar-refractivity contribution in [2.24, 2.45) is 0 Å². The fourth-order valence-corrected chi connectivity index (χ4v) is 9.26. The first-order valence-corrected chi connectivity index (χ1v) is 32.7. The highest BCUT2D eigenvalue weighted by Gasteiger charge is 2.44. The van der Waals surface area contributed by atoms with Gasteiger partial charge in [0.25, 0.3) is 0 Å². The third-order valence-corrected chi connectivity index (χ3v) is 14.4. The van der Waals surface area contributed by atoms with Crippen molar-refractivity contribution in [1.29, 1.82) is 0 Å². The number of amides is 1. The lowest BCUT2D eigenvalue weighted by Gasteiger charge is -2.40. The lowest BCUT2D eigenvalue weighted by atomic mass is 9.99. The predicted octanol–water partition coefficient (Wildman–Crippen LogP) is 17.6. The molecule has 0 bridgehead atoms. The van der Waals surface area contributed by atoms with E-state index in [1.54, 1.807) is 6.08 Å². The fraction of sp³-hybridized carbons (Fsp3) is 0.630. The predicted molar refractivity (Wildman–Crippen MR) is 349 cm³/mol. The molecule has 7 atom stereocenters. The SMILES string of the molecule is CC/C=C\C/C=C\C/C=C\C/C=C\C/C=C\C/C=C\C/C=C\C/C=C\C/C=C\C/C=C\C/C=C\C/C=C\CCCCCCC(=O)NC(COC1OC(CO)C(O)C(O)C1O)C(O)/C=C/CCCCCCCCCCCCCCCCCC. The number of aliphatic hydroxyl groups is 5. The van der Waals surface area contributed by atoms with Gasteiger partial charge in [0.15, 0.2) is 6.29 Å². The van der Waals surface area contributed by atoms with E-state index in [2.05, 4.69) is 165 Å². The number of hydrogen-bond donors (Lipinski definition) is 6. The molecule has 0 radical (unpaired) electrons. The first-order valence-electron chi connectivity index (χ1n) is 32.7. The van der Waals surface area contributed by atoms with Crippen LogP contribution in [-0.4, -0.2) is 87.5 Å². The van der Waals surface area contributed by atoms with E-state index in [-0.39, 0.29) is 12.5 Å². The summed E-state index contributed by atoms with van der Waals surface area (Å²) in [6.45, 7) is 3.65. The molecule has 1 amide bonds. The maximum Gasteiger partial charge on any atom is 0.220 e. The van der Waals surface area contributed by atoms with E-state index < -0.39 is 49.5 Å². The van der Waals surface area contributed by atoms with Gasteiger partial charge in [0.05, 0.1) is 25.4 Å². The molecule has 82 heavy (non-hydrogen) atoms. The molecule has 0 saturated carbocycles. The summed E-state index contributed by atoms with van der Waals surface area (Å²) in [5.41, 5.74) is 0. The second kappa shape index (κ2) is 60.0. The van der Waals surface area contributed by atoms with Crippen LogP contribution in [0, 0.1) is 0 Å². The highest BCUT2D eigenvalue weighted by atomic mass is 16.7. The van der Waals surface area contributed by atoms with E-state index in [0.717, 1.165) is 128 Å². The molecule has 9 heteroatoms. The smallest absolute Gasteiger partial charge is 0.220 e. The highest BCUT2D eigenvalue weighted by molar-refractivity contribution is 5.76. The van der Waals surface area contributed by atoms with Crippen molar-refractivity contribution in [2.45, 2.75) is 281 Å². The molecule has 6 N–H and O–H groups in total. The molecule has 0 aromatic rings. The number of ether oxygens (including phenoxy) is 2. The molecule has 1 rings (SSSR count). The number of hydrogen-bond acceptors (Lipinski definition) is 8. The van der Waals surface area contributed by atoms with E-state index in [1.165, 1.54) is 89.9 Å². The second-order valence-corrected chi connectivity index (χ2v) is 21.8. The third kappa shape index (κ3) is 48.2. The lowest BCUT2D eigenvalue weighted by Crippen LogP contribution is -2.60. The molecule has 0 spiro atoms. The van der Waals surface area contributed by atoms with Crippen LogP contribution < -0.4 is 5.32 Å². The van der Waals surface area contributed by atoms with Crippen LogP contribution in [0.1, 0.15) is 239 Å². The number of allylic oxidation sites excluding steroid dienone is 25. The van der Waals surface area contributed by atoms with Crippen molar-refractivity contribution < 1.29 is 39.8 Å². The number of carbonyl (C=O) groups excluding carboxylic acids is 1. The molecule has 9 nitrogen and oxygen atoms in total. The van der Waals surface area contributed by atoms with Crippen LogP contribution >= 0.6 is 0 Å². The topological polar surface area (TPSA) is 149 Å². The van der Waals surface area contributed by atoms with Crippen LogP contribution in [-0.2, 0) is 14.3 Å². The normalized spacial score (nSPS) is 19.4. The molecule has 1 saturated heterocycles. The monoisotopic (exact) mass is 1140 g/mol. The van der Waals surface area contributed by atoms with Crippen molar-refractivity contribution in [3.05, 3.63) is 158 Å². The van der Waals surface area contributed by atoms with Crippen molar-refractivity contribution >= 4 is 5.91 Å². The zero-order valence-electron chi connectivity index (χ0n) is 51.7. The molecule has 1 heterocycles. The van der Waals surface area contributed by atoms with Gasteiger partial charge in [-0.3, -0.25) is 4.79 Å². The number of carbonyl (C=O) groups is 1. The Labute approximate surface area is 501 Å². The Bertz CT molecular complexity index is 1850. The Balaban J connectivity index is 2.20. The summed E-state index contributed by atoms with van der Waals surface area (Å²) < 4.78 is 11.3. The molecule has 1 aliphatic heterocycles. The summed E-state index contributed by atoms with van der Waals surface area (Å²) in [4.78, 5) is 13.1. The Morgan fingerprint density at radius 2 is 0.756 bits per heavy atom. The summed E-state index contributed by atoms with van der Waals surface area (Å²) in [5.74, 6) is -0.207. The molecular weight excluding hydrogens is 1020 g/mol. The summed E-state index contributed by atoms with van der Waals surface area (Å²) in [6, 6.07) is -0.831. The highest BCUT2D eigenvalue weighted by Crippen LogP contribution is 2.23. The number of unbranched alkanes of at least 4 members (excludes halogenated alkanes) is 20. The van der Waals surface area contributed by atoms with Gasteiger partial charge in [-0.05, 0) is 109 Å². The third-order valence-electron chi connectivity index (χ3n) is 14.4. The summed E-state index contributed by atoms with van der Waals surface area (Å²) >= 11 is 0. The van der Waals surface area contributed by atoms with Gasteiger partial charge in [0, 0.05) is 6.42 Å². The quantitative estimate of drug-likeness (QED) is 0.0261. The van der Waals surface area contributed by atoms with Crippen LogP contribution in [0.5, 0.6) is 0 Å². The van der Waals surface area contributed by atoms with Crippen molar-refractivity contribution in [3.8, 4) is 0 Å². The fourth-order valence-electron chi connectivity index (χ4n) is 9.26. The maximum atomic E-state index is 13.1. The van der Waals surface area contributed by atoms with Crippen LogP contribution in [0.2, 0.25) is 0 Å². The molecule has 0 aromatic heterocycles. The van der Waals surface area contributed by atoms with E-state index in [4.69, 9.17) is 9.47 Å². The average Bonchev–Trinajstić information content (AvgIpc) is 3.57. The maximum absolute atomic E-state index is 13.1. The molecule has 464 valence electrons. The zero-order valence-corrected chi connectivity index (χ0v) is 51.7. The minimum Gasteiger partial charge on any atom is -0.394 e. The van der Waals surface area contributed by atoms with Crippen LogP contribution in [0.25, 0.3) is 0 Å². The van der Waals surface area contributed by atoms with Gasteiger partial charge < -0.3 is 40.3 Å². The van der Waals surface area contributed by atoms with Crippen LogP contribution in [0.15, 0.2) is 158 Å².